The summed E-state index contributed by atoms with van der Waals surface area (Å²) < 4.78 is 17.0. The average molecular weight is 311 g/mol. The normalized spacial score (nSPS) is 21.9. The molecular weight excluding hydrogens is 281 g/mol. The minimum absolute atomic E-state index is 0.159. The summed E-state index contributed by atoms with van der Waals surface area (Å²) in [6.45, 7) is 16.1. The van der Waals surface area contributed by atoms with Crippen molar-refractivity contribution in [1.29, 1.82) is 0 Å². The highest BCUT2D eigenvalue weighted by atomic mass is 16.7. The molecule has 1 aliphatic rings. The summed E-state index contributed by atoms with van der Waals surface area (Å²) in [5, 5.41) is 2.75. The summed E-state index contributed by atoms with van der Waals surface area (Å²) in [5.74, 6) is 2.06. The maximum atomic E-state index is 11.6. The quantitative estimate of drug-likeness (QED) is 0.809. The van der Waals surface area contributed by atoms with Gasteiger partial charge in [-0.15, -0.1) is 0 Å². The molecular formula is C16H30BNO4. The Morgan fingerprint density at radius 1 is 1.23 bits per heavy atom. The maximum absolute atomic E-state index is 11.6. The number of amides is 1. The van der Waals surface area contributed by atoms with Gasteiger partial charge >= 0.3 is 13.2 Å². The van der Waals surface area contributed by atoms with Crippen LogP contribution in [0.4, 0.5) is 4.79 Å². The van der Waals surface area contributed by atoms with Crippen molar-refractivity contribution in [3.63, 3.8) is 0 Å². The Labute approximate surface area is 134 Å². The van der Waals surface area contributed by atoms with Crippen LogP contribution in [0.2, 0.25) is 0 Å². The highest BCUT2D eigenvalue weighted by Crippen LogP contribution is 2.36. The topological polar surface area (TPSA) is 56.8 Å². The minimum atomic E-state index is -0.480. The van der Waals surface area contributed by atoms with Crippen molar-refractivity contribution >= 4 is 13.2 Å². The van der Waals surface area contributed by atoms with Gasteiger partial charge in [0.25, 0.3) is 0 Å². The van der Waals surface area contributed by atoms with Crippen LogP contribution in [0.5, 0.6) is 0 Å². The maximum Gasteiger partial charge on any atom is 0.486 e. The molecule has 1 fully saturated rings. The number of ether oxygens (including phenoxy) is 1. The summed E-state index contributed by atoms with van der Waals surface area (Å²) in [5.41, 5.74) is -1.15. The zero-order valence-electron chi connectivity index (χ0n) is 15.1. The van der Waals surface area contributed by atoms with E-state index in [1.54, 1.807) is 0 Å². The van der Waals surface area contributed by atoms with E-state index in [1.807, 2.05) is 67.4 Å². The third-order valence-corrected chi connectivity index (χ3v) is 3.84. The monoisotopic (exact) mass is 311 g/mol. The number of rotatable bonds is 4. The number of nitrogens with one attached hydrogen (secondary N) is 1. The first-order valence-corrected chi connectivity index (χ1v) is 7.83. The largest absolute Gasteiger partial charge is 0.486 e. The molecule has 1 amide bonds. The van der Waals surface area contributed by atoms with Gasteiger partial charge in [-0.3, -0.25) is 0 Å². The highest BCUT2D eigenvalue weighted by molar-refractivity contribution is 6.51. The van der Waals surface area contributed by atoms with Gasteiger partial charge in [-0.2, -0.15) is 0 Å². The van der Waals surface area contributed by atoms with Gasteiger partial charge in [-0.1, -0.05) is 19.0 Å². The summed E-state index contributed by atoms with van der Waals surface area (Å²) in [6.07, 6.45) is 1.59. The molecule has 126 valence electrons. The van der Waals surface area contributed by atoms with Gasteiger partial charge < -0.3 is 19.4 Å². The van der Waals surface area contributed by atoms with E-state index >= 15 is 0 Å². The molecule has 0 aliphatic carbocycles. The first-order chi connectivity index (χ1) is 9.82. The predicted octanol–water partition coefficient (Wildman–Crippen LogP) is 3.33. The molecule has 0 bridgehead atoms. The predicted molar refractivity (Wildman–Crippen MR) is 88.6 cm³/mol. The lowest BCUT2D eigenvalue weighted by molar-refractivity contribution is 0.00578. The zero-order chi connectivity index (χ0) is 17.2. The molecule has 0 radical (unpaired) electrons. The molecule has 0 saturated carbocycles. The second kappa shape index (κ2) is 6.63. The minimum Gasteiger partial charge on any atom is -0.444 e. The molecule has 0 aromatic heterocycles. The molecule has 1 unspecified atom stereocenters. The fraction of sp³-hybridized carbons (Fsp3) is 0.812. The number of carbonyl (C=O) groups excluding carboxylic acids is 1. The summed E-state index contributed by atoms with van der Waals surface area (Å²) in [7, 11) is -0.353. The Bertz CT molecular complexity index is 410. The van der Waals surface area contributed by atoms with Crippen LogP contribution in [0.1, 0.15) is 55.4 Å². The van der Waals surface area contributed by atoms with Gasteiger partial charge in [0, 0.05) is 6.54 Å². The standard InChI is InChI=1S/C16H30BNO4/c1-12(11-18-13(19)20-14(2,3)4)9-10-17-21-15(5,6)16(7,8)22-17/h9-10,12H,11H2,1-8H3,(H,18,19)/b10-9+. The third kappa shape index (κ3) is 5.65. The van der Waals surface area contributed by atoms with E-state index in [4.69, 9.17) is 14.0 Å². The molecule has 0 spiro atoms. The van der Waals surface area contributed by atoms with E-state index in [0.717, 1.165) is 0 Å². The molecule has 6 heteroatoms. The van der Waals surface area contributed by atoms with Crippen molar-refractivity contribution in [3.05, 3.63) is 12.1 Å². The lowest BCUT2D eigenvalue weighted by Gasteiger charge is -2.32. The van der Waals surface area contributed by atoms with Gasteiger partial charge in [0.2, 0.25) is 0 Å². The van der Waals surface area contributed by atoms with Crippen molar-refractivity contribution in [2.45, 2.75) is 72.2 Å². The molecule has 0 aromatic carbocycles. The lowest BCUT2D eigenvalue weighted by atomic mass is 9.88. The number of hydrogen-bond donors (Lipinski definition) is 1. The molecule has 1 saturated heterocycles. The lowest BCUT2D eigenvalue weighted by Crippen LogP contribution is -2.41. The van der Waals surface area contributed by atoms with Gasteiger partial charge in [0.05, 0.1) is 11.2 Å². The van der Waals surface area contributed by atoms with Crippen molar-refractivity contribution in [1.82, 2.24) is 5.32 Å². The van der Waals surface area contributed by atoms with Gasteiger partial charge in [-0.05, 0) is 54.4 Å². The summed E-state index contributed by atoms with van der Waals surface area (Å²) in [6, 6.07) is 0. The van der Waals surface area contributed by atoms with Crippen LogP contribution in [0.25, 0.3) is 0 Å². The van der Waals surface area contributed by atoms with Crippen molar-refractivity contribution in [2.75, 3.05) is 6.54 Å². The SMILES string of the molecule is CC(/C=C/B1OC(C)(C)C(C)(C)O1)CNC(=O)OC(C)(C)C. The molecule has 1 N–H and O–H groups in total. The summed E-state index contributed by atoms with van der Waals surface area (Å²) >= 11 is 0. The van der Waals surface area contributed by atoms with E-state index in [2.05, 4.69) is 5.32 Å². The fourth-order valence-corrected chi connectivity index (χ4v) is 1.87. The van der Waals surface area contributed by atoms with Gasteiger partial charge in [0.15, 0.2) is 0 Å². The van der Waals surface area contributed by atoms with E-state index < -0.39 is 11.7 Å². The Morgan fingerprint density at radius 2 is 1.73 bits per heavy atom. The third-order valence-electron chi connectivity index (χ3n) is 3.84. The Morgan fingerprint density at radius 3 is 2.18 bits per heavy atom. The second-order valence-electron chi connectivity index (χ2n) is 7.87. The molecule has 1 heterocycles. The number of hydrogen-bond acceptors (Lipinski definition) is 4. The van der Waals surface area contributed by atoms with Crippen LogP contribution in [-0.4, -0.2) is 36.6 Å². The van der Waals surface area contributed by atoms with Crippen LogP contribution in [-0.2, 0) is 14.0 Å². The van der Waals surface area contributed by atoms with Crippen LogP contribution in [0.15, 0.2) is 12.1 Å². The highest BCUT2D eigenvalue weighted by Gasteiger charge is 2.49. The first kappa shape index (κ1) is 19.0. The van der Waals surface area contributed by atoms with Gasteiger partial charge in [0.1, 0.15) is 5.60 Å². The van der Waals surface area contributed by atoms with Crippen molar-refractivity contribution < 1.29 is 18.8 Å². The number of alkyl carbamates (subject to hydrolysis) is 1. The average Bonchev–Trinajstić information content (AvgIpc) is 2.50. The summed E-state index contributed by atoms with van der Waals surface area (Å²) in [4.78, 5) is 11.6. The van der Waals surface area contributed by atoms with Gasteiger partial charge in [-0.25, -0.2) is 4.79 Å². The molecule has 22 heavy (non-hydrogen) atoms. The van der Waals surface area contributed by atoms with Crippen LogP contribution in [0.3, 0.4) is 0 Å². The van der Waals surface area contributed by atoms with Crippen LogP contribution in [0, 0.1) is 5.92 Å². The van der Waals surface area contributed by atoms with E-state index in [0.29, 0.717) is 6.54 Å². The fourth-order valence-electron chi connectivity index (χ4n) is 1.87. The molecule has 1 rings (SSSR count). The molecule has 1 atom stereocenters. The van der Waals surface area contributed by atoms with Crippen LogP contribution >= 0.6 is 0 Å². The second-order valence-corrected chi connectivity index (χ2v) is 7.87. The Kier molecular flexibility index (Phi) is 5.74. The molecule has 0 aromatic rings. The molecule has 5 nitrogen and oxygen atoms in total. The van der Waals surface area contributed by atoms with Crippen molar-refractivity contribution in [2.24, 2.45) is 5.92 Å². The smallest absolute Gasteiger partial charge is 0.444 e. The zero-order valence-corrected chi connectivity index (χ0v) is 15.1. The van der Waals surface area contributed by atoms with E-state index in [1.165, 1.54) is 0 Å². The number of carbonyl (C=O) groups is 1. The van der Waals surface area contributed by atoms with Crippen LogP contribution < -0.4 is 5.32 Å². The Balaban J connectivity index is 2.40. The van der Waals surface area contributed by atoms with E-state index in [-0.39, 0.29) is 24.2 Å². The first-order valence-electron chi connectivity index (χ1n) is 7.83. The molecule has 1 aliphatic heterocycles. The van der Waals surface area contributed by atoms with E-state index in [9.17, 15) is 4.79 Å². The van der Waals surface area contributed by atoms with Crippen molar-refractivity contribution in [3.8, 4) is 0 Å². The Hall–Kier alpha value is -1.01.